The van der Waals surface area contributed by atoms with Crippen LogP contribution in [0.25, 0.3) is 0 Å². The molecule has 0 aliphatic carbocycles. The van der Waals surface area contributed by atoms with Crippen molar-refractivity contribution in [2.24, 2.45) is 0 Å². The standard InChI is InChI=1S/C11H16O2S/c1-3-13-8-14-11-6-4-10(5-7-11)9(2)12/h4-7,9,12H,3,8H2,1-2H3. The van der Waals surface area contributed by atoms with E-state index in [0.717, 1.165) is 12.2 Å². The largest absolute Gasteiger partial charge is 0.389 e. The van der Waals surface area contributed by atoms with Gasteiger partial charge in [-0.05, 0) is 31.5 Å². The molecule has 0 amide bonds. The lowest BCUT2D eigenvalue weighted by Gasteiger charge is -2.05. The number of aliphatic hydroxyl groups is 1. The number of ether oxygens (including phenoxy) is 1. The van der Waals surface area contributed by atoms with Crippen LogP contribution in [-0.4, -0.2) is 17.7 Å². The van der Waals surface area contributed by atoms with Gasteiger partial charge in [0.05, 0.1) is 12.0 Å². The Hall–Kier alpha value is -0.510. The van der Waals surface area contributed by atoms with Crippen molar-refractivity contribution in [3.05, 3.63) is 29.8 Å². The van der Waals surface area contributed by atoms with Crippen molar-refractivity contribution in [3.63, 3.8) is 0 Å². The maximum atomic E-state index is 9.30. The molecule has 0 fully saturated rings. The van der Waals surface area contributed by atoms with Crippen LogP contribution in [0.4, 0.5) is 0 Å². The molecule has 1 unspecified atom stereocenters. The topological polar surface area (TPSA) is 29.5 Å². The monoisotopic (exact) mass is 212 g/mol. The van der Waals surface area contributed by atoms with Crippen molar-refractivity contribution in [2.45, 2.75) is 24.8 Å². The zero-order chi connectivity index (χ0) is 10.4. The molecular weight excluding hydrogens is 196 g/mol. The molecule has 78 valence electrons. The van der Waals surface area contributed by atoms with E-state index in [2.05, 4.69) is 0 Å². The molecule has 0 aromatic heterocycles. The van der Waals surface area contributed by atoms with Gasteiger partial charge >= 0.3 is 0 Å². The molecule has 0 heterocycles. The van der Waals surface area contributed by atoms with Gasteiger partial charge in [0, 0.05) is 11.5 Å². The molecule has 0 spiro atoms. The summed E-state index contributed by atoms with van der Waals surface area (Å²) < 4.78 is 5.23. The number of hydrogen-bond donors (Lipinski definition) is 1. The second-order valence-electron chi connectivity index (χ2n) is 3.00. The molecule has 0 aliphatic rings. The molecule has 1 rings (SSSR count). The summed E-state index contributed by atoms with van der Waals surface area (Å²) in [5.74, 6) is 0.685. The minimum absolute atomic E-state index is 0.388. The van der Waals surface area contributed by atoms with E-state index in [1.54, 1.807) is 18.7 Å². The van der Waals surface area contributed by atoms with Crippen molar-refractivity contribution in [2.75, 3.05) is 12.5 Å². The van der Waals surface area contributed by atoms with Crippen LogP contribution in [-0.2, 0) is 4.74 Å². The van der Waals surface area contributed by atoms with Crippen molar-refractivity contribution in [3.8, 4) is 0 Å². The molecule has 0 aliphatic heterocycles. The van der Waals surface area contributed by atoms with Gasteiger partial charge in [0.1, 0.15) is 0 Å². The summed E-state index contributed by atoms with van der Waals surface area (Å²) in [5, 5.41) is 9.30. The van der Waals surface area contributed by atoms with Crippen LogP contribution in [0.1, 0.15) is 25.5 Å². The first-order chi connectivity index (χ1) is 6.74. The maximum Gasteiger partial charge on any atom is 0.0966 e. The van der Waals surface area contributed by atoms with E-state index in [0.29, 0.717) is 5.94 Å². The van der Waals surface area contributed by atoms with E-state index in [1.807, 2.05) is 31.2 Å². The van der Waals surface area contributed by atoms with Crippen molar-refractivity contribution in [1.29, 1.82) is 0 Å². The first-order valence-corrected chi connectivity index (χ1v) is 5.71. The number of thioether (sulfide) groups is 1. The minimum atomic E-state index is -0.388. The summed E-state index contributed by atoms with van der Waals surface area (Å²) in [7, 11) is 0. The Morgan fingerprint density at radius 1 is 1.36 bits per heavy atom. The van der Waals surface area contributed by atoms with E-state index >= 15 is 0 Å². The van der Waals surface area contributed by atoms with Gasteiger partial charge in [-0.3, -0.25) is 0 Å². The second kappa shape index (κ2) is 6.06. The SMILES string of the molecule is CCOCSc1ccc(C(C)O)cc1. The van der Waals surface area contributed by atoms with Gasteiger partial charge in [0.2, 0.25) is 0 Å². The highest BCUT2D eigenvalue weighted by atomic mass is 32.2. The van der Waals surface area contributed by atoms with E-state index < -0.39 is 0 Å². The van der Waals surface area contributed by atoms with Gasteiger partial charge in [-0.15, -0.1) is 0 Å². The summed E-state index contributed by atoms with van der Waals surface area (Å²) in [4.78, 5) is 1.17. The average molecular weight is 212 g/mol. The van der Waals surface area contributed by atoms with Crippen molar-refractivity contribution >= 4 is 11.8 Å². The predicted octanol–water partition coefficient (Wildman–Crippen LogP) is 2.83. The van der Waals surface area contributed by atoms with Gasteiger partial charge in [-0.2, -0.15) is 0 Å². The van der Waals surface area contributed by atoms with Crippen LogP contribution >= 0.6 is 11.8 Å². The second-order valence-corrected chi connectivity index (χ2v) is 4.00. The van der Waals surface area contributed by atoms with E-state index in [9.17, 15) is 5.11 Å². The molecule has 14 heavy (non-hydrogen) atoms. The average Bonchev–Trinajstić information content (AvgIpc) is 2.19. The van der Waals surface area contributed by atoms with Crippen molar-refractivity contribution in [1.82, 2.24) is 0 Å². The summed E-state index contributed by atoms with van der Waals surface area (Å²) >= 11 is 1.66. The summed E-state index contributed by atoms with van der Waals surface area (Å²) in [6, 6.07) is 7.90. The molecule has 3 heteroatoms. The lowest BCUT2D eigenvalue weighted by molar-refractivity contribution is 0.199. The van der Waals surface area contributed by atoms with Crippen LogP contribution in [0.3, 0.4) is 0 Å². The number of aliphatic hydroxyl groups excluding tert-OH is 1. The zero-order valence-electron chi connectivity index (χ0n) is 8.56. The fourth-order valence-corrected chi connectivity index (χ4v) is 1.75. The molecule has 0 saturated heterocycles. The molecule has 1 aromatic rings. The Bertz CT molecular complexity index is 256. The Kier molecular flexibility index (Phi) is 5.01. The Labute approximate surface area is 89.3 Å². The van der Waals surface area contributed by atoms with Gasteiger partial charge < -0.3 is 9.84 Å². The first kappa shape index (κ1) is 11.6. The van der Waals surface area contributed by atoms with Crippen LogP contribution in [0.15, 0.2) is 29.2 Å². The lowest BCUT2D eigenvalue weighted by atomic mass is 10.1. The molecule has 0 bridgehead atoms. The van der Waals surface area contributed by atoms with Crippen LogP contribution in [0, 0.1) is 0 Å². The predicted molar refractivity (Wildman–Crippen MR) is 59.4 cm³/mol. The van der Waals surface area contributed by atoms with Gasteiger partial charge in [-0.1, -0.05) is 23.9 Å². The molecular formula is C11H16O2S. The van der Waals surface area contributed by atoms with E-state index in [-0.39, 0.29) is 6.10 Å². The lowest BCUT2D eigenvalue weighted by Crippen LogP contribution is -1.91. The third kappa shape index (κ3) is 3.70. The van der Waals surface area contributed by atoms with Gasteiger partial charge in [-0.25, -0.2) is 0 Å². The Balaban J connectivity index is 2.47. The molecule has 1 N–H and O–H groups in total. The van der Waals surface area contributed by atoms with Crippen LogP contribution < -0.4 is 0 Å². The molecule has 2 nitrogen and oxygen atoms in total. The van der Waals surface area contributed by atoms with Crippen molar-refractivity contribution < 1.29 is 9.84 Å². The van der Waals surface area contributed by atoms with Crippen LogP contribution in [0.2, 0.25) is 0 Å². The zero-order valence-corrected chi connectivity index (χ0v) is 9.38. The van der Waals surface area contributed by atoms with E-state index in [4.69, 9.17) is 4.74 Å². The molecule has 1 atom stereocenters. The Morgan fingerprint density at radius 3 is 2.50 bits per heavy atom. The third-order valence-corrected chi connectivity index (χ3v) is 2.77. The number of benzene rings is 1. The number of hydrogen-bond acceptors (Lipinski definition) is 3. The summed E-state index contributed by atoms with van der Waals surface area (Å²) in [6.07, 6.45) is -0.388. The molecule has 1 aromatic carbocycles. The van der Waals surface area contributed by atoms with Gasteiger partial charge in [0.15, 0.2) is 0 Å². The van der Waals surface area contributed by atoms with Crippen LogP contribution in [0.5, 0.6) is 0 Å². The fourth-order valence-electron chi connectivity index (χ4n) is 1.04. The van der Waals surface area contributed by atoms with E-state index in [1.165, 1.54) is 4.90 Å². The first-order valence-electron chi connectivity index (χ1n) is 4.72. The third-order valence-electron chi connectivity index (χ3n) is 1.88. The smallest absolute Gasteiger partial charge is 0.0966 e. The van der Waals surface area contributed by atoms with Gasteiger partial charge in [0.25, 0.3) is 0 Å². The summed E-state index contributed by atoms with van der Waals surface area (Å²) in [6.45, 7) is 4.50. The normalized spacial score (nSPS) is 12.8. The fraction of sp³-hybridized carbons (Fsp3) is 0.455. The highest BCUT2D eigenvalue weighted by Gasteiger charge is 2.00. The number of rotatable bonds is 5. The highest BCUT2D eigenvalue weighted by Crippen LogP contribution is 2.20. The highest BCUT2D eigenvalue weighted by molar-refractivity contribution is 7.99. The quantitative estimate of drug-likeness (QED) is 0.462. The molecule has 0 radical (unpaired) electrons. The minimum Gasteiger partial charge on any atom is -0.389 e. The summed E-state index contributed by atoms with van der Waals surface area (Å²) in [5.41, 5.74) is 0.950. The maximum absolute atomic E-state index is 9.30. The molecule has 0 saturated carbocycles. The Morgan fingerprint density at radius 2 is 2.00 bits per heavy atom.